The predicted octanol–water partition coefficient (Wildman–Crippen LogP) is 1.58. The van der Waals surface area contributed by atoms with Gasteiger partial charge in [0.2, 0.25) is 0 Å². The zero-order valence-electron chi connectivity index (χ0n) is 9.35. The van der Waals surface area contributed by atoms with Gasteiger partial charge in [0.25, 0.3) is 0 Å². The summed E-state index contributed by atoms with van der Waals surface area (Å²) in [5.74, 6) is 5.51. The van der Waals surface area contributed by atoms with Gasteiger partial charge in [-0.15, -0.1) is 0 Å². The fourth-order valence-corrected chi connectivity index (χ4v) is 2.12. The lowest BCUT2D eigenvalue weighted by Gasteiger charge is -2.03. The van der Waals surface area contributed by atoms with Crippen LogP contribution < -0.4 is 0 Å². The molecule has 1 aromatic carbocycles. The van der Waals surface area contributed by atoms with Gasteiger partial charge in [0.05, 0.1) is 0 Å². The Morgan fingerprint density at radius 3 is 3.06 bits per heavy atom. The molecule has 4 nitrogen and oxygen atoms in total. The van der Waals surface area contributed by atoms with Crippen LogP contribution in [0.1, 0.15) is 11.1 Å². The summed E-state index contributed by atoms with van der Waals surface area (Å²) in [6, 6.07) is 4.43. The van der Waals surface area contributed by atoms with Crippen LogP contribution in [0.3, 0.4) is 0 Å². The van der Waals surface area contributed by atoms with Crippen LogP contribution in [0.25, 0.3) is 0 Å². The minimum absolute atomic E-state index is 0.245. The van der Waals surface area contributed by atoms with Crippen LogP contribution in [0.5, 0.6) is 0 Å². The van der Waals surface area contributed by atoms with Crippen LogP contribution in [0.2, 0.25) is 0 Å². The largest absolute Gasteiger partial charge is 0.384 e. The van der Waals surface area contributed by atoms with E-state index in [1.807, 2.05) is 0 Å². The van der Waals surface area contributed by atoms with Crippen molar-refractivity contribution in [2.75, 3.05) is 6.61 Å². The molecule has 0 spiro atoms. The molecule has 0 amide bonds. The number of benzene rings is 1. The monoisotopic (exact) mass is 263 g/mol. The molecule has 0 unspecified atom stereocenters. The van der Waals surface area contributed by atoms with E-state index in [1.165, 1.54) is 30.2 Å². The Balaban J connectivity index is 2.16. The minimum Gasteiger partial charge on any atom is -0.384 e. The van der Waals surface area contributed by atoms with E-state index >= 15 is 0 Å². The lowest BCUT2D eigenvalue weighted by atomic mass is 10.1. The molecule has 6 heteroatoms. The molecule has 0 fully saturated rings. The van der Waals surface area contributed by atoms with E-state index in [9.17, 15) is 4.39 Å². The molecule has 18 heavy (non-hydrogen) atoms. The number of aliphatic hydroxyl groups is 1. The summed E-state index contributed by atoms with van der Waals surface area (Å²) in [4.78, 5) is 3.99. The number of halogens is 1. The summed E-state index contributed by atoms with van der Waals surface area (Å²) in [6.07, 6.45) is 1.43. The molecular formula is C12H10FN3OS. The Bertz CT molecular complexity index is 575. The number of H-pyrrole nitrogens is 1. The molecule has 2 N–H and O–H groups in total. The quantitative estimate of drug-likeness (QED) is 0.652. The van der Waals surface area contributed by atoms with Gasteiger partial charge in [-0.1, -0.05) is 29.7 Å². The third-order valence-electron chi connectivity index (χ3n) is 2.13. The summed E-state index contributed by atoms with van der Waals surface area (Å²) >= 11 is 1.45. The second kappa shape index (κ2) is 6.19. The normalized spacial score (nSPS) is 9.89. The van der Waals surface area contributed by atoms with Crippen molar-refractivity contribution in [3.05, 3.63) is 41.5 Å². The highest BCUT2D eigenvalue weighted by molar-refractivity contribution is 7.98. The third kappa shape index (κ3) is 3.32. The maximum atomic E-state index is 13.1. The molecule has 1 heterocycles. The van der Waals surface area contributed by atoms with E-state index in [1.54, 1.807) is 6.07 Å². The average Bonchev–Trinajstić information content (AvgIpc) is 2.88. The number of nitrogens with zero attached hydrogens (tertiary/aromatic N) is 2. The molecule has 0 radical (unpaired) electrons. The van der Waals surface area contributed by atoms with Crippen molar-refractivity contribution in [2.45, 2.75) is 10.9 Å². The lowest BCUT2D eigenvalue weighted by molar-refractivity contribution is 0.350. The van der Waals surface area contributed by atoms with Gasteiger partial charge in [-0.25, -0.2) is 9.37 Å². The first-order valence-corrected chi connectivity index (χ1v) is 6.14. The first kappa shape index (κ1) is 12.6. The summed E-state index contributed by atoms with van der Waals surface area (Å²) < 4.78 is 13.1. The number of rotatable bonds is 3. The van der Waals surface area contributed by atoms with Gasteiger partial charge >= 0.3 is 0 Å². The van der Waals surface area contributed by atoms with Crippen LogP contribution in [0.15, 0.2) is 29.7 Å². The highest BCUT2D eigenvalue weighted by atomic mass is 32.2. The number of thioether (sulfide) groups is 1. The predicted molar refractivity (Wildman–Crippen MR) is 66.3 cm³/mol. The SMILES string of the molecule is OCC#Cc1cc(F)ccc1CSc1ncn[nH]1. The number of aliphatic hydroxyl groups excluding tert-OH is 1. The van der Waals surface area contributed by atoms with Gasteiger partial charge in [0, 0.05) is 11.3 Å². The number of hydrogen-bond donors (Lipinski definition) is 2. The van der Waals surface area contributed by atoms with Crippen molar-refractivity contribution < 1.29 is 9.50 Å². The Labute approximate surface area is 108 Å². The van der Waals surface area contributed by atoms with E-state index < -0.39 is 0 Å². The highest BCUT2D eigenvalue weighted by Crippen LogP contribution is 2.21. The van der Waals surface area contributed by atoms with Crippen molar-refractivity contribution in [3.63, 3.8) is 0 Å². The molecule has 0 saturated carbocycles. The van der Waals surface area contributed by atoms with Crippen LogP contribution in [-0.2, 0) is 5.75 Å². The molecule has 1 aromatic heterocycles. The van der Waals surface area contributed by atoms with Crippen molar-refractivity contribution >= 4 is 11.8 Å². The van der Waals surface area contributed by atoms with Crippen LogP contribution in [0, 0.1) is 17.7 Å². The third-order valence-corrected chi connectivity index (χ3v) is 3.06. The Morgan fingerprint density at radius 1 is 1.44 bits per heavy atom. The molecule has 0 aliphatic rings. The molecule has 0 bridgehead atoms. The van der Waals surface area contributed by atoms with E-state index in [0.29, 0.717) is 16.5 Å². The Kier molecular flexibility index (Phi) is 4.34. The zero-order valence-corrected chi connectivity index (χ0v) is 10.2. The number of hydrogen-bond acceptors (Lipinski definition) is 4. The van der Waals surface area contributed by atoms with Gasteiger partial charge in [0.15, 0.2) is 5.16 Å². The second-order valence-corrected chi connectivity index (χ2v) is 4.30. The number of aromatic nitrogens is 3. The molecule has 0 atom stereocenters. The smallest absolute Gasteiger partial charge is 0.183 e. The summed E-state index contributed by atoms with van der Waals surface area (Å²) in [5.41, 5.74) is 1.47. The molecule has 0 saturated heterocycles. The highest BCUT2D eigenvalue weighted by Gasteiger charge is 2.04. The first-order valence-electron chi connectivity index (χ1n) is 5.16. The van der Waals surface area contributed by atoms with Crippen LogP contribution in [-0.4, -0.2) is 26.9 Å². The lowest BCUT2D eigenvalue weighted by Crippen LogP contribution is -1.90. The molecule has 0 aliphatic carbocycles. The van der Waals surface area contributed by atoms with Crippen molar-refractivity contribution in [1.29, 1.82) is 0 Å². The summed E-state index contributed by atoms with van der Waals surface area (Å²) in [5, 5.41) is 15.8. The maximum Gasteiger partial charge on any atom is 0.183 e. The van der Waals surface area contributed by atoms with E-state index in [2.05, 4.69) is 27.0 Å². The standard InChI is InChI=1S/C12H10FN3OS/c13-11-4-3-10(9(6-11)2-1-5-17)7-18-12-14-8-15-16-12/h3-4,6,8,17H,5,7H2,(H,14,15,16). The van der Waals surface area contributed by atoms with Crippen molar-refractivity contribution in [2.24, 2.45) is 0 Å². The minimum atomic E-state index is -0.342. The number of aromatic amines is 1. The topological polar surface area (TPSA) is 61.8 Å². The van der Waals surface area contributed by atoms with Gasteiger partial charge < -0.3 is 5.11 Å². The molecule has 2 rings (SSSR count). The van der Waals surface area contributed by atoms with Crippen LogP contribution in [0.4, 0.5) is 4.39 Å². The van der Waals surface area contributed by atoms with Crippen molar-refractivity contribution in [3.8, 4) is 11.8 Å². The fourth-order valence-electron chi connectivity index (χ4n) is 1.34. The second-order valence-electron chi connectivity index (χ2n) is 3.34. The van der Waals surface area contributed by atoms with E-state index in [-0.39, 0.29) is 12.4 Å². The van der Waals surface area contributed by atoms with Crippen LogP contribution >= 0.6 is 11.8 Å². The molecule has 2 aromatic rings. The Hall–Kier alpha value is -1.84. The van der Waals surface area contributed by atoms with Gasteiger partial charge in [-0.05, 0) is 17.7 Å². The van der Waals surface area contributed by atoms with E-state index in [4.69, 9.17) is 5.11 Å². The Morgan fingerprint density at radius 2 is 2.33 bits per heavy atom. The summed E-state index contributed by atoms with van der Waals surface area (Å²) in [7, 11) is 0. The summed E-state index contributed by atoms with van der Waals surface area (Å²) in [6.45, 7) is -0.245. The fraction of sp³-hybridized carbons (Fsp3) is 0.167. The maximum absolute atomic E-state index is 13.1. The van der Waals surface area contributed by atoms with Crippen molar-refractivity contribution in [1.82, 2.24) is 15.2 Å². The van der Waals surface area contributed by atoms with Gasteiger partial charge in [-0.3, -0.25) is 5.10 Å². The average molecular weight is 263 g/mol. The molecular weight excluding hydrogens is 253 g/mol. The van der Waals surface area contributed by atoms with Gasteiger partial charge in [-0.2, -0.15) is 5.10 Å². The van der Waals surface area contributed by atoms with Gasteiger partial charge in [0.1, 0.15) is 18.8 Å². The molecule has 92 valence electrons. The zero-order chi connectivity index (χ0) is 12.8. The first-order chi connectivity index (χ1) is 8.79. The van der Waals surface area contributed by atoms with E-state index in [0.717, 1.165) is 5.56 Å². The number of nitrogens with one attached hydrogen (secondary N) is 1. The molecule has 0 aliphatic heterocycles.